The Morgan fingerprint density at radius 1 is 1.62 bits per heavy atom. The molecule has 0 saturated heterocycles. The summed E-state index contributed by atoms with van der Waals surface area (Å²) in [5.74, 6) is 0.0727. The number of phenols is 1. The summed E-state index contributed by atoms with van der Waals surface area (Å²) >= 11 is 0. The average Bonchev–Trinajstić information content (AvgIpc) is 2.07. The van der Waals surface area contributed by atoms with E-state index in [0.29, 0.717) is 11.3 Å². The van der Waals surface area contributed by atoms with Crippen LogP contribution < -0.4 is 10.5 Å². The van der Waals surface area contributed by atoms with E-state index in [2.05, 4.69) is 0 Å². The van der Waals surface area contributed by atoms with Crippen LogP contribution in [0.3, 0.4) is 0 Å². The van der Waals surface area contributed by atoms with Gasteiger partial charge in [-0.3, -0.25) is 4.79 Å². The van der Waals surface area contributed by atoms with Crippen molar-refractivity contribution in [1.29, 1.82) is 0 Å². The smallest absolute Gasteiger partial charge is 0.255 e. The van der Waals surface area contributed by atoms with Crippen LogP contribution in [0.1, 0.15) is 5.56 Å². The lowest BCUT2D eigenvalue weighted by molar-refractivity contribution is -0.119. The molecule has 3 N–H and O–H groups in total. The largest absolute Gasteiger partial charge is 0.508 e. The molecule has 70 valence electrons. The summed E-state index contributed by atoms with van der Waals surface area (Å²) in [5.41, 5.74) is 5.50. The Morgan fingerprint density at radius 3 is 2.92 bits per heavy atom. The van der Waals surface area contributed by atoms with Gasteiger partial charge in [0.15, 0.2) is 6.61 Å². The van der Waals surface area contributed by atoms with Crippen molar-refractivity contribution < 1.29 is 14.6 Å². The molecule has 0 saturated carbocycles. The minimum Gasteiger partial charge on any atom is -0.508 e. The van der Waals surface area contributed by atoms with E-state index in [0.717, 1.165) is 0 Å². The summed E-state index contributed by atoms with van der Waals surface area (Å²) in [5, 5.41) is 9.27. The second kappa shape index (κ2) is 3.80. The van der Waals surface area contributed by atoms with E-state index in [9.17, 15) is 9.90 Å². The number of aromatic hydroxyl groups is 1. The number of carbonyl (C=O) groups excluding carboxylic acids is 1. The maximum absolute atomic E-state index is 10.4. The number of amides is 1. The van der Waals surface area contributed by atoms with Crippen LogP contribution in [0, 0.1) is 6.92 Å². The normalized spacial score (nSPS) is 9.62. The highest BCUT2D eigenvalue weighted by molar-refractivity contribution is 5.75. The number of nitrogens with two attached hydrogens (primary N) is 1. The second-order valence-electron chi connectivity index (χ2n) is 2.66. The molecule has 0 aromatic heterocycles. The fraction of sp³-hybridized carbons (Fsp3) is 0.222. The highest BCUT2D eigenvalue weighted by Gasteiger charge is 2.04. The molecule has 0 aliphatic carbocycles. The molecule has 0 spiro atoms. The van der Waals surface area contributed by atoms with Gasteiger partial charge in [-0.05, 0) is 19.1 Å². The molecule has 4 heteroatoms. The Labute approximate surface area is 75.9 Å². The van der Waals surface area contributed by atoms with Gasteiger partial charge in [0.1, 0.15) is 11.5 Å². The summed E-state index contributed by atoms with van der Waals surface area (Å²) in [6.45, 7) is 1.52. The van der Waals surface area contributed by atoms with Crippen molar-refractivity contribution in [3.05, 3.63) is 23.8 Å². The lowest BCUT2D eigenvalue weighted by Crippen LogP contribution is -2.20. The number of hydrogen-bond donors (Lipinski definition) is 2. The van der Waals surface area contributed by atoms with Gasteiger partial charge in [0.25, 0.3) is 5.91 Å². The Morgan fingerprint density at radius 2 is 2.31 bits per heavy atom. The molecule has 1 amide bonds. The molecule has 1 aromatic rings. The molecule has 0 aliphatic rings. The Hall–Kier alpha value is -1.71. The molecular weight excluding hydrogens is 170 g/mol. The molecule has 0 heterocycles. The van der Waals surface area contributed by atoms with Gasteiger partial charge >= 0.3 is 0 Å². The van der Waals surface area contributed by atoms with Gasteiger partial charge in [0, 0.05) is 5.56 Å². The first kappa shape index (κ1) is 9.38. The van der Waals surface area contributed by atoms with Gasteiger partial charge in [-0.2, -0.15) is 0 Å². The van der Waals surface area contributed by atoms with Crippen molar-refractivity contribution in [2.75, 3.05) is 6.61 Å². The minimum atomic E-state index is -0.539. The van der Waals surface area contributed by atoms with Crippen LogP contribution in [-0.4, -0.2) is 17.6 Å². The van der Waals surface area contributed by atoms with E-state index in [1.54, 1.807) is 25.1 Å². The van der Waals surface area contributed by atoms with Gasteiger partial charge in [0.2, 0.25) is 0 Å². The third-order valence-electron chi connectivity index (χ3n) is 1.63. The van der Waals surface area contributed by atoms with E-state index in [1.807, 2.05) is 0 Å². The molecule has 0 fully saturated rings. The van der Waals surface area contributed by atoms with Crippen molar-refractivity contribution in [3.63, 3.8) is 0 Å². The van der Waals surface area contributed by atoms with E-state index in [1.165, 1.54) is 0 Å². The Balaban J connectivity index is 2.77. The highest BCUT2D eigenvalue weighted by atomic mass is 16.5. The second-order valence-corrected chi connectivity index (χ2v) is 2.66. The first-order chi connectivity index (χ1) is 6.11. The first-order valence-corrected chi connectivity index (χ1v) is 3.81. The zero-order chi connectivity index (χ0) is 9.84. The van der Waals surface area contributed by atoms with E-state index in [-0.39, 0.29) is 12.4 Å². The van der Waals surface area contributed by atoms with Crippen molar-refractivity contribution in [1.82, 2.24) is 0 Å². The van der Waals surface area contributed by atoms with Crippen LogP contribution in [0.15, 0.2) is 18.2 Å². The molecule has 0 unspecified atom stereocenters. The number of rotatable bonds is 3. The van der Waals surface area contributed by atoms with E-state index < -0.39 is 5.91 Å². The lowest BCUT2D eigenvalue weighted by atomic mass is 10.2. The molecular formula is C9H11NO3. The standard InChI is InChI=1S/C9H11NO3/c1-6-7(11)3-2-4-8(6)13-5-9(10)12/h2-4,11H,5H2,1H3,(H2,10,12). The summed E-state index contributed by atoms with van der Waals surface area (Å²) in [4.78, 5) is 10.4. The molecule has 13 heavy (non-hydrogen) atoms. The number of benzene rings is 1. The number of primary amides is 1. The third kappa shape index (κ3) is 2.37. The van der Waals surface area contributed by atoms with Gasteiger partial charge in [0.05, 0.1) is 0 Å². The first-order valence-electron chi connectivity index (χ1n) is 3.81. The maximum Gasteiger partial charge on any atom is 0.255 e. The predicted molar refractivity (Wildman–Crippen MR) is 47.5 cm³/mol. The molecule has 0 radical (unpaired) electrons. The number of ether oxygens (including phenoxy) is 1. The van der Waals surface area contributed by atoms with Crippen LogP contribution in [-0.2, 0) is 4.79 Å². The number of phenolic OH excluding ortho intramolecular Hbond substituents is 1. The quantitative estimate of drug-likeness (QED) is 0.715. The average molecular weight is 181 g/mol. The summed E-state index contributed by atoms with van der Waals surface area (Å²) < 4.78 is 5.04. The minimum absolute atomic E-state index is 0.141. The molecule has 1 rings (SSSR count). The number of hydrogen-bond acceptors (Lipinski definition) is 3. The van der Waals surface area contributed by atoms with E-state index in [4.69, 9.17) is 10.5 Å². The molecule has 0 aliphatic heterocycles. The van der Waals surface area contributed by atoms with Crippen LogP contribution in [0.25, 0.3) is 0 Å². The van der Waals surface area contributed by atoms with Crippen molar-refractivity contribution in [2.24, 2.45) is 5.73 Å². The van der Waals surface area contributed by atoms with Crippen LogP contribution in [0.4, 0.5) is 0 Å². The van der Waals surface area contributed by atoms with Crippen molar-refractivity contribution in [2.45, 2.75) is 6.92 Å². The van der Waals surface area contributed by atoms with Gasteiger partial charge in [-0.1, -0.05) is 6.07 Å². The fourth-order valence-electron chi connectivity index (χ4n) is 0.908. The van der Waals surface area contributed by atoms with Crippen LogP contribution in [0.2, 0.25) is 0 Å². The lowest BCUT2D eigenvalue weighted by Gasteiger charge is -2.07. The van der Waals surface area contributed by atoms with Crippen LogP contribution >= 0.6 is 0 Å². The topological polar surface area (TPSA) is 72.6 Å². The Bertz CT molecular complexity index is 323. The van der Waals surface area contributed by atoms with Gasteiger partial charge in [-0.25, -0.2) is 0 Å². The van der Waals surface area contributed by atoms with Gasteiger partial charge < -0.3 is 15.6 Å². The molecule has 1 aromatic carbocycles. The third-order valence-corrected chi connectivity index (χ3v) is 1.63. The van der Waals surface area contributed by atoms with Crippen LogP contribution in [0.5, 0.6) is 11.5 Å². The van der Waals surface area contributed by atoms with Crippen molar-refractivity contribution in [3.8, 4) is 11.5 Å². The summed E-state index contributed by atoms with van der Waals surface area (Å²) in [6, 6.07) is 4.85. The zero-order valence-corrected chi connectivity index (χ0v) is 7.28. The predicted octanol–water partition coefficient (Wildman–Crippen LogP) is 0.565. The zero-order valence-electron chi connectivity index (χ0n) is 7.28. The summed E-state index contributed by atoms with van der Waals surface area (Å²) in [7, 11) is 0. The Kier molecular flexibility index (Phi) is 2.74. The molecule has 0 atom stereocenters. The number of carbonyl (C=O) groups is 1. The molecule has 0 bridgehead atoms. The monoisotopic (exact) mass is 181 g/mol. The maximum atomic E-state index is 10.4. The van der Waals surface area contributed by atoms with Crippen molar-refractivity contribution >= 4 is 5.91 Å². The molecule has 4 nitrogen and oxygen atoms in total. The fourth-order valence-corrected chi connectivity index (χ4v) is 0.908. The highest BCUT2D eigenvalue weighted by Crippen LogP contribution is 2.25. The SMILES string of the molecule is Cc1c(O)cccc1OCC(N)=O. The van der Waals surface area contributed by atoms with E-state index >= 15 is 0 Å². The van der Waals surface area contributed by atoms with Gasteiger partial charge in [-0.15, -0.1) is 0 Å². The summed E-state index contributed by atoms with van der Waals surface area (Å²) in [6.07, 6.45) is 0.